The Kier molecular flexibility index (Phi) is 6.00. The highest BCUT2D eigenvalue weighted by atomic mass is 19.1. The van der Waals surface area contributed by atoms with E-state index in [1.54, 1.807) is 36.4 Å². The second-order valence-corrected chi connectivity index (χ2v) is 9.22. The van der Waals surface area contributed by atoms with Gasteiger partial charge in [-0.25, -0.2) is 4.39 Å². The molecule has 5 nitrogen and oxygen atoms in total. The van der Waals surface area contributed by atoms with Crippen LogP contribution in [-0.4, -0.2) is 23.9 Å². The predicted octanol–water partition coefficient (Wildman–Crippen LogP) is 5.76. The molecule has 34 heavy (non-hydrogen) atoms. The van der Waals surface area contributed by atoms with Crippen LogP contribution < -0.4 is 9.64 Å². The predicted molar refractivity (Wildman–Crippen MR) is 129 cm³/mol. The van der Waals surface area contributed by atoms with Gasteiger partial charge in [-0.1, -0.05) is 57.2 Å². The van der Waals surface area contributed by atoms with E-state index < -0.39 is 23.5 Å². The maximum Gasteiger partial charge on any atom is 0.300 e. The van der Waals surface area contributed by atoms with Gasteiger partial charge in [0.1, 0.15) is 17.3 Å². The van der Waals surface area contributed by atoms with Gasteiger partial charge in [-0.05, 0) is 52.9 Å². The fourth-order valence-corrected chi connectivity index (χ4v) is 4.16. The summed E-state index contributed by atoms with van der Waals surface area (Å²) in [6, 6.07) is 18.8. The van der Waals surface area contributed by atoms with Crippen molar-refractivity contribution >= 4 is 23.1 Å². The largest absolute Gasteiger partial charge is 0.507 e. The van der Waals surface area contributed by atoms with Gasteiger partial charge >= 0.3 is 0 Å². The highest BCUT2D eigenvalue weighted by Gasteiger charge is 2.47. The van der Waals surface area contributed by atoms with Crippen molar-refractivity contribution in [3.63, 3.8) is 0 Å². The van der Waals surface area contributed by atoms with E-state index in [-0.39, 0.29) is 16.7 Å². The SMILES string of the molecule is COc1ccc(C(C)(C)C)cc1/C(O)=C1\C(=O)C(=O)N(c2ccc(F)cc2)C1c1ccccc1. The quantitative estimate of drug-likeness (QED) is 0.306. The topological polar surface area (TPSA) is 66.8 Å². The first-order valence-electron chi connectivity index (χ1n) is 10.9. The molecular formula is C28H26FNO4. The molecule has 174 valence electrons. The monoisotopic (exact) mass is 459 g/mol. The lowest BCUT2D eigenvalue weighted by Gasteiger charge is -2.26. The molecule has 3 aromatic rings. The number of carbonyl (C=O) groups excluding carboxylic acids is 2. The molecule has 1 fully saturated rings. The van der Waals surface area contributed by atoms with Crippen LogP contribution in [0.25, 0.3) is 5.76 Å². The summed E-state index contributed by atoms with van der Waals surface area (Å²) in [7, 11) is 1.48. The van der Waals surface area contributed by atoms with E-state index in [0.717, 1.165) is 5.56 Å². The summed E-state index contributed by atoms with van der Waals surface area (Å²) in [6.45, 7) is 6.11. The van der Waals surface area contributed by atoms with E-state index in [2.05, 4.69) is 0 Å². The second-order valence-electron chi connectivity index (χ2n) is 9.22. The molecular weight excluding hydrogens is 433 g/mol. The number of Topliss-reactive ketones (excluding diaryl/α,β-unsaturated/α-hetero) is 1. The number of hydrogen-bond donors (Lipinski definition) is 1. The minimum atomic E-state index is -0.894. The minimum absolute atomic E-state index is 0.0510. The summed E-state index contributed by atoms with van der Waals surface area (Å²) in [5.74, 6) is -2.02. The van der Waals surface area contributed by atoms with Crippen LogP contribution >= 0.6 is 0 Å². The Morgan fingerprint density at radius 3 is 2.21 bits per heavy atom. The van der Waals surface area contributed by atoms with Crippen molar-refractivity contribution in [1.82, 2.24) is 0 Å². The number of carbonyl (C=O) groups is 2. The van der Waals surface area contributed by atoms with Gasteiger partial charge in [0.2, 0.25) is 0 Å². The number of halogens is 1. The zero-order valence-corrected chi connectivity index (χ0v) is 19.5. The maximum absolute atomic E-state index is 13.6. The van der Waals surface area contributed by atoms with Gasteiger partial charge in [-0.15, -0.1) is 0 Å². The highest BCUT2D eigenvalue weighted by molar-refractivity contribution is 6.51. The lowest BCUT2D eigenvalue weighted by molar-refractivity contribution is -0.132. The van der Waals surface area contributed by atoms with E-state index in [1.807, 2.05) is 32.9 Å². The summed E-state index contributed by atoms with van der Waals surface area (Å²) in [4.78, 5) is 27.8. The van der Waals surface area contributed by atoms with Crippen LogP contribution in [0.5, 0.6) is 5.75 Å². The van der Waals surface area contributed by atoms with E-state index in [1.165, 1.54) is 36.3 Å². The summed E-state index contributed by atoms with van der Waals surface area (Å²) < 4.78 is 19.1. The molecule has 4 rings (SSSR count). The van der Waals surface area contributed by atoms with Gasteiger partial charge < -0.3 is 9.84 Å². The summed E-state index contributed by atoms with van der Waals surface area (Å²) in [5, 5.41) is 11.5. The normalized spacial score (nSPS) is 17.8. The van der Waals surface area contributed by atoms with Crippen LogP contribution in [-0.2, 0) is 15.0 Å². The molecule has 0 spiro atoms. The Balaban J connectivity index is 1.98. The van der Waals surface area contributed by atoms with Crippen LogP contribution in [0.3, 0.4) is 0 Å². The number of methoxy groups -OCH3 is 1. The summed E-state index contributed by atoms with van der Waals surface area (Å²) in [6.07, 6.45) is 0. The molecule has 1 atom stereocenters. The van der Waals surface area contributed by atoms with Crippen LogP contribution in [0.1, 0.15) is 43.5 Å². The number of rotatable bonds is 4. The van der Waals surface area contributed by atoms with Crippen molar-refractivity contribution in [2.24, 2.45) is 0 Å². The number of ketones is 1. The molecule has 1 aliphatic heterocycles. The van der Waals surface area contributed by atoms with Gasteiger partial charge in [0.05, 0.1) is 24.3 Å². The number of aliphatic hydroxyl groups excluding tert-OH is 1. The average Bonchev–Trinajstić information content (AvgIpc) is 3.09. The molecule has 1 amide bonds. The highest BCUT2D eigenvalue weighted by Crippen LogP contribution is 2.43. The minimum Gasteiger partial charge on any atom is -0.507 e. The van der Waals surface area contributed by atoms with Crippen LogP contribution in [0, 0.1) is 5.82 Å². The van der Waals surface area contributed by atoms with Gasteiger partial charge in [0, 0.05) is 5.69 Å². The van der Waals surface area contributed by atoms with E-state index in [4.69, 9.17) is 4.74 Å². The third kappa shape index (κ3) is 4.07. The second kappa shape index (κ2) is 8.78. The molecule has 0 bridgehead atoms. The zero-order valence-electron chi connectivity index (χ0n) is 19.5. The van der Waals surface area contributed by atoms with Crippen molar-refractivity contribution in [2.75, 3.05) is 12.0 Å². The Labute approximate surface area is 198 Å². The number of ether oxygens (including phenoxy) is 1. The third-order valence-electron chi connectivity index (χ3n) is 5.99. The van der Waals surface area contributed by atoms with E-state index >= 15 is 0 Å². The molecule has 3 aromatic carbocycles. The number of hydrogen-bond acceptors (Lipinski definition) is 4. The van der Waals surface area contributed by atoms with Gasteiger partial charge in [0.15, 0.2) is 0 Å². The number of aliphatic hydroxyl groups is 1. The number of nitrogens with zero attached hydrogens (tertiary/aromatic N) is 1. The van der Waals surface area contributed by atoms with Gasteiger partial charge in [-0.2, -0.15) is 0 Å². The molecule has 1 saturated heterocycles. The lowest BCUT2D eigenvalue weighted by atomic mass is 9.85. The number of anilines is 1. The van der Waals surface area contributed by atoms with Gasteiger partial charge in [0.25, 0.3) is 11.7 Å². The summed E-state index contributed by atoms with van der Waals surface area (Å²) >= 11 is 0. The van der Waals surface area contributed by atoms with E-state index in [0.29, 0.717) is 22.6 Å². The van der Waals surface area contributed by atoms with E-state index in [9.17, 15) is 19.1 Å². The molecule has 0 radical (unpaired) electrons. The van der Waals surface area contributed by atoms with Crippen molar-refractivity contribution in [2.45, 2.75) is 32.2 Å². The fourth-order valence-electron chi connectivity index (χ4n) is 4.16. The molecule has 0 saturated carbocycles. The Morgan fingerprint density at radius 1 is 0.971 bits per heavy atom. The van der Waals surface area contributed by atoms with Crippen molar-refractivity contribution in [1.29, 1.82) is 0 Å². The molecule has 1 heterocycles. The lowest BCUT2D eigenvalue weighted by Crippen LogP contribution is -2.29. The van der Waals surface area contributed by atoms with Gasteiger partial charge in [-0.3, -0.25) is 14.5 Å². The van der Waals surface area contributed by atoms with Crippen LogP contribution in [0.15, 0.2) is 78.4 Å². The van der Waals surface area contributed by atoms with Crippen molar-refractivity contribution in [3.05, 3.63) is 101 Å². The first-order valence-corrected chi connectivity index (χ1v) is 10.9. The average molecular weight is 460 g/mol. The van der Waals surface area contributed by atoms with Crippen molar-refractivity contribution < 1.29 is 23.8 Å². The van der Waals surface area contributed by atoms with Crippen LogP contribution in [0.2, 0.25) is 0 Å². The molecule has 0 aliphatic carbocycles. The maximum atomic E-state index is 13.6. The first kappa shape index (κ1) is 23.2. The summed E-state index contributed by atoms with van der Waals surface area (Å²) in [5.41, 5.74) is 1.97. The standard InChI is InChI=1S/C28H26FNO4/c1-28(2,3)18-10-15-22(34-4)21(16-18)25(31)23-24(17-8-6-5-7-9-17)30(27(33)26(23)32)20-13-11-19(29)12-14-20/h5-16,24,31H,1-4H3/b25-23+. The van der Waals surface area contributed by atoms with Crippen LogP contribution in [0.4, 0.5) is 10.1 Å². The zero-order chi connectivity index (χ0) is 24.6. The molecule has 6 heteroatoms. The Bertz CT molecular complexity index is 1270. The third-order valence-corrected chi connectivity index (χ3v) is 5.99. The first-order chi connectivity index (χ1) is 16.1. The smallest absolute Gasteiger partial charge is 0.300 e. The Hall–Kier alpha value is -3.93. The van der Waals surface area contributed by atoms with Crippen molar-refractivity contribution in [3.8, 4) is 5.75 Å². The molecule has 0 aromatic heterocycles. The molecule has 1 N–H and O–H groups in total. The fraction of sp³-hybridized carbons (Fsp3) is 0.214. The molecule has 1 aliphatic rings. The Morgan fingerprint density at radius 2 is 1.62 bits per heavy atom. The number of amides is 1. The number of benzene rings is 3. The molecule has 1 unspecified atom stereocenters.